The second-order valence-electron chi connectivity index (χ2n) is 4.59. The van der Waals surface area contributed by atoms with Gasteiger partial charge in [-0.3, -0.25) is 5.10 Å². The Morgan fingerprint density at radius 3 is 2.81 bits per heavy atom. The van der Waals surface area contributed by atoms with Crippen LogP contribution in [-0.2, 0) is 9.84 Å². The molecule has 0 amide bonds. The third-order valence-corrected chi connectivity index (χ3v) is 5.51. The first-order valence-electron chi connectivity index (χ1n) is 5.54. The highest BCUT2D eigenvalue weighted by Crippen LogP contribution is 2.32. The number of nitrogens with zero attached hydrogens (tertiary/aromatic N) is 1. The van der Waals surface area contributed by atoms with E-state index >= 15 is 0 Å². The minimum Gasteiger partial charge on any atom is -0.383 e. The van der Waals surface area contributed by atoms with Gasteiger partial charge in [-0.25, -0.2) is 8.42 Å². The molecule has 2 unspecified atom stereocenters. The van der Waals surface area contributed by atoms with Crippen LogP contribution in [-0.4, -0.2) is 23.9 Å². The fourth-order valence-electron chi connectivity index (χ4n) is 2.35. The summed E-state index contributed by atoms with van der Waals surface area (Å²) in [4.78, 5) is 0.159. The Labute approximate surface area is 95.3 Å². The molecule has 16 heavy (non-hydrogen) atoms. The molecule has 3 N–H and O–H groups in total. The van der Waals surface area contributed by atoms with Crippen molar-refractivity contribution >= 4 is 15.7 Å². The fraction of sp³-hybridized carbons (Fsp3) is 0.700. The highest BCUT2D eigenvalue weighted by molar-refractivity contribution is 7.92. The van der Waals surface area contributed by atoms with E-state index in [1.54, 1.807) is 0 Å². The molecule has 1 aromatic rings. The molecule has 1 saturated carbocycles. The van der Waals surface area contributed by atoms with E-state index in [-0.39, 0.29) is 16.0 Å². The summed E-state index contributed by atoms with van der Waals surface area (Å²) in [6, 6.07) is 0. The minimum atomic E-state index is -3.30. The third kappa shape index (κ3) is 1.93. The number of aromatic nitrogens is 2. The van der Waals surface area contributed by atoms with Crippen molar-refractivity contribution in [2.45, 2.75) is 42.8 Å². The summed E-state index contributed by atoms with van der Waals surface area (Å²) in [5.74, 6) is 0.625. The van der Waals surface area contributed by atoms with Crippen molar-refractivity contribution in [3.05, 3.63) is 6.20 Å². The van der Waals surface area contributed by atoms with Gasteiger partial charge < -0.3 is 5.73 Å². The maximum absolute atomic E-state index is 12.3. The van der Waals surface area contributed by atoms with Crippen LogP contribution in [0.4, 0.5) is 5.82 Å². The number of hydrogen-bond acceptors (Lipinski definition) is 4. The molecule has 1 aromatic heterocycles. The van der Waals surface area contributed by atoms with E-state index in [4.69, 9.17) is 5.73 Å². The van der Waals surface area contributed by atoms with Gasteiger partial charge in [0.25, 0.3) is 0 Å². The summed E-state index contributed by atoms with van der Waals surface area (Å²) in [5, 5.41) is 5.85. The van der Waals surface area contributed by atoms with Gasteiger partial charge in [0.15, 0.2) is 9.84 Å². The number of nitrogens with two attached hydrogens (primary N) is 1. The lowest BCUT2D eigenvalue weighted by Crippen LogP contribution is -2.27. The van der Waals surface area contributed by atoms with Crippen LogP contribution in [0.1, 0.15) is 32.6 Å². The van der Waals surface area contributed by atoms with Crippen LogP contribution in [0.25, 0.3) is 0 Å². The molecule has 1 aliphatic rings. The molecule has 1 heterocycles. The van der Waals surface area contributed by atoms with Gasteiger partial charge in [0.2, 0.25) is 0 Å². The van der Waals surface area contributed by atoms with E-state index in [9.17, 15) is 8.42 Å². The van der Waals surface area contributed by atoms with Crippen LogP contribution in [0.3, 0.4) is 0 Å². The van der Waals surface area contributed by atoms with Crippen LogP contribution in [0.5, 0.6) is 0 Å². The van der Waals surface area contributed by atoms with Crippen LogP contribution in [0.15, 0.2) is 11.1 Å². The number of nitrogens with one attached hydrogen (secondary N) is 1. The van der Waals surface area contributed by atoms with Crippen molar-refractivity contribution in [3.63, 3.8) is 0 Å². The van der Waals surface area contributed by atoms with Crippen molar-refractivity contribution in [3.8, 4) is 0 Å². The Bertz CT molecular complexity index is 466. The molecule has 90 valence electrons. The molecule has 0 aromatic carbocycles. The van der Waals surface area contributed by atoms with Crippen LogP contribution in [0, 0.1) is 5.92 Å². The summed E-state index contributed by atoms with van der Waals surface area (Å²) in [6.45, 7) is 2.10. The number of hydrogen-bond donors (Lipinski definition) is 2. The highest BCUT2D eigenvalue weighted by Gasteiger charge is 2.33. The minimum absolute atomic E-state index is 0.151. The normalized spacial score (nSPS) is 26.8. The summed E-state index contributed by atoms with van der Waals surface area (Å²) in [6.07, 6.45) is 4.86. The molecule has 1 aliphatic carbocycles. The summed E-state index contributed by atoms with van der Waals surface area (Å²) in [5.41, 5.74) is 5.57. The van der Waals surface area contributed by atoms with Crippen molar-refractivity contribution in [1.82, 2.24) is 10.2 Å². The molecular formula is C10H17N3O2S. The van der Waals surface area contributed by atoms with Gasteiger partial charge in [-0.1, -0.05) is 19.8 Å². The summed E-state index contributed by atoms with van der Waals surface area (Å²) >= 11 is 0. The zero-order valence-electron chi connectivity index (χ0n) is 9.31. The number of rotatable bonds is 2. The Balaban J connectivity index is 2.29. The number of aromatic amines is 1. The molecule has 0 bridgehead atoms. The number of anilines is 1. The average molecular weight is 243 g/mol. The second-order valence-corrected chi connectivity index (χ2v) is 6.78. The van der Waals surface area contributed by atoms with Crippen LogP contribution >= 0.6 is 0 Å². The van der Waals surface area contributed by atoms with Crippen molar-refractivity contribution in [2.24, 2.45) is 5.92 Å². The Hall–Kier alpha value is -1.04. The molecule has 0 aliphatic heterocycles. The first-order valence-corrected chi connectivity index (χ1v) is 7.09. The highest BCUT2D eigenvalue weighted by atomic mass is 32.2. The molecule has 2 rings (SSSR count). The first-order chi connectivity index (χ1) is 7.51. The zero-order valence-corrected chi connectivity index (χ0v) is 10.1. The Morgan fingerprint density at radius 1 is 1.50 bits per heavy atom. The molecule has 0 radical (unpaired) electrons. The maximum Gasteiger partial charge on any atom is 0.186 e. The summed E-state index contributed by atoms with van der Waals surface area (Å²) < 4.78 is 24.5. The van der Waals surface area contributed by atoms with Gasteiger partial charge in [-0.05, 0) is 18.8 Å². The van der Waals surface area contributed by atoms with Gasteiger partial charge in [-0.2, -0.15) is 5.10 Å². The monoisotopic (exact) mass is 243 g/mol. The Kier molecular flexibility index (Phi) is 2.92. The van der Waals surface area contributed by atoms with Gasteiger partial charge in [0.1, 0.15) is 10.7 Å². The van der Waals surface area contributed by atoms with Gasteiger partial charge in [0, 0.05) is 0 Å². The maximum atomic E-state index is 12.3. The smallest absolute Gasteiger partial charge is 0.186 e. The lowest BCUT2D eigenvalue weighted by atomic mass is 9.91. The van der Waals surface area contributed by atoms with E-state index in [2.05, 4.69) is 17.1 Å². The van der Waals surface area contributed by atoms with Gasteiger partial charge >= 0.3 is 0 Å². The standard InChI is InChI=1S/C10H17N3O2S/c1-7-3-2-4-8(5-7)16(14,15)9-6-12-13-10(9)11/h6-8H,2-5H2,1H3,(H3,11,12,13). The van der Waals surface area contributed by atoms with E-state index < -0.39 is 9.84 Å². The lowest BCUT2D eigenvalue weighted by molar-refractivity contribution is 0.382. The summed E-state index contributed by atoms with van der Waals surface area (Å²) in [7, 11) is -3.30. The molecule has 2 atom stereocenters. The van der Waals surface area contributed by atoms with E-state index in [1.807, 2.05) is 0 Å². The number of H-pyrrole nitrogens is 1. The molecule has 0 spiro atoms. The number of sulfone groups is 1. The number of nitrogen functional groups attached to an aromatic ring is 1. The predicted octanol–water partition coefficient (Wildman–Crippen LogP) is 1.34. The Morgan fingerprint density at radius 2 is 2.25 bits per heavy atom. The largest absolute Gasteiger partial charge is 0.383 e. The van der Waals surface area contributed by atoms with Gasteiger partial charge in [-0.15, -0.1) is 0 Å². The topological polar surface area (TPSA) is 88.8 Å². The molecule has 1 fully saturated rings. The van der Waals surface area contributed by atoms with E-state index in [0.29, 0.717) is 5.92 Å². The molecule has 0 saturated heterocycles. The SMILES string of the molecule is CC1CCCC(S(=O)(=O)c2cn[nH]c2N)C1. The zero-order chi connectivity index (χ0) is 11.8. The predicted molar refractivity (Wildman–Crippen MR) is 61.6 cm³/mol. The molecule has 6 heteroatoms. The lowest BCUT2D eigenvalue weighted by Gasteiger charge is -2.26. The van der Waals surface area contributed by atoms with Crippen molar-refractivity contribution in [2.75, 3.05) is 5.73 Å². The average Bonchev–Trinajstić information content (AvgIpc) is 2.65. The van der Waals surface area contributed by atoms with Gasteiger partial charge in [0.05, 0.1) is 11.4 Å². The quantitative estimate of drug-likeness (QED) is 0.820. The third-order valence-electron chi connectivity index (χ3n) is 3.27. The van der Waals surface area contributed by atoms with E-state index in [0.717, 1.165) is 25.7 Å². The van der Waals surface area contributed by atoms with Crippen LogP contribution < -0.4 is 5.73 Å². The van der Waals surface area contributed by atoms with Crippen LogP contribution in [0.2, 0.25) is 0 Å². The van der Waals surface area contributed by atoms with Crippen molar-refractivity contribution < 1.29 is 8.42 Å². The van der Waals surface area contributed by atoms with Crippen molar-refractivity contribution in [1.29, 1.82) is 0 Å². The molecular weight excluding hydrogens is 226 g/mol. The van der Waals surface area contributed by atoms with E-state index in [1.165, 1.54) is 6.20 Å². The second kappa shape index (κ2) is 4.08. The first kappa shape index (κ1) is 11.4. The fourth-order valence-corrected chi connectivity index (χ4v) is 4.32. The molecule has 5 nitrogen and oxygen atoms in total.